The van der Waals surface area contributed by atoms with Crippen molar-refractivity contribution in [3.05, 3.63) is 0 Å². The number of alkyl halides is 3. The number of nitrogens with zero attached hydrogens (tertiary/aromatic N) is 1. The van der Waals surface area contributed by atoms with Crippen LogP contribution in [0.5, 0.6) is 0 Å². The van der Waals surface area contributed by atoms with E-state index in [1.165, 1.54) is 4.90 Å². The van der Waals surface area contributed by atoms with Crippen LogP contribution in [0.25, 0.3) is 0 Å². The van der Waals surface area contributed by atoms with Gasteiger partial charge in [0.2, 0.25) is 0 Å². The van der Waals surface area contributed by atoms with Crippen LogP contribution in [0, 0.1) is 5.92 Å². The fraction of sp³-hybridized carbons (Fsp3) is 1.00. The highest BCUT2D eigenvalue weighted by Crippen LogP contribution is 2.31. The Morgan fingerprint density at radius 1 is 1.25 bits per heavy atom. The van der Waals surface area contributed by atoms with Crippen molar-refractivity contribution in [1.82, 2.24) is 4.90 Å². The molecule has 2 unspecified atom stereocenters. The Balaban J connectivity index is 1.87. The molecule has 2 rings (SSSR count). The average Bonchev–Trinajstić information content (AvgIpc) is 2.90. The smallest absolute Gasteiger partial charge is 0.379 e. The van der Waals surface area contributed by atoms with Gasteiger partial charge in [0.25, 0.3) is 0 Å². The van der Waals surface area contributed by atoms with Crippen molar-refractivity contribution in [2.45, 2.75) is 31.1 Å². The summed E-state index contributed by atoms with van der Waals surface area (Å²) >= 11 is 0. The standard InChI is InChI=1S/C10H17F3N2O/c11-10(12,13)6-15(8-1-2-8)3-7-4-16-5-9(7)14/h7-9H,1-6,14H2. The molecule has 1 saturated carbocycles. The van der Waals surface area contributed by atoms with Gasteiger partial charge in [0.15, 0.2) is 0 Å². The Bertz CT molecular complexity index is 243. The Morgan fingerprint density at radius 2 is 1.94 bits per heavy atom. The van der Waals surface area contributed by atoms with Gasteiger partial charge in [0.05, 0.1) is 19.8 Å². The quantitative estimate of drug-likeness (QED) is 0.793. The van der Waals surface area contributed by atoms with Gasteiger partial charge in [0, 0.05) is 24.5 Å². The third-order valence-corrected chi connectivity index (χ3v) is 3.16. The fourth-order valence-electron chi connectivity index (χ4n) is 2.12. The molecule has 0 aromatic rings. The number of hydrogen-bond donors (Lipinski definition) is 1. The average molecular weight is 238 g/mol. The molecule has 1 heterocycles. The van der Waals surface area contributed by atoms with E-state index in [1.807, 2.05) is 0 Å². The molecular weight excluding hydrogens is 221 g/mol. The fourth-order valence-corrected chi connectivity index (χ4v) is 2.12. The second-order valence-electron chi connectivity index (χ2n) is 4.74. The zero-order valence-electron chi connectivity index (χ0n) is 9.04. The number of ether oxygens (including phenoxy) is 1. The van der Waals surface area contributed by atoms with Crippen LogP contribution in [-0.4, -0.2) is 49.5 Å². The van der Waals surface area contributed by atoms with E-state index in [9.17, 15) is 13.2 Å². The molecule has 0 aromatic heterocycles. The van der Waals surface area contributed by atoms with Crippen molar-refractivity contribution in [3.8, 4) is 0 Å². The predicted molar refractivity (Wildman–Crippen MR) is 52.9 cm³/mol. The van der Waals surface area contributed by atoms with Crippen LogP contribution in [0.15, 0.2) is 0 Å². The molecule has 2 fully saturated rings. The first-order chi connectivity index (χ1) is 7.46. The second kappa shape index (κ2) is 4.50. The summed E-state index contributed by atoms with van der Waals surface area (Å²) in [6.45, 7) is 0.545. The van der Waals surface area contributed by atoms with Crippen molar-refractivity contribution in [3.63, 3.8) is 0 Å². The molecule has 1 aliphatic heterocycles. The van der Waals surface area contributed by atoms with Crippen LogP contribution in [-0.2, 0) is 4.74 Å². The molecular formula is C10H17F3N2O. The maximum absolute atomic E-state index is 12.4. The number of rotatable bonds is 4. The van der Waals surface area contributed by atoms with Gasteiger partial charge in [-0.3, -0.25) is 4.90 Å². The van der Waals surface area contributed by atoms with Gasteiger partial charge in [-0.2, -0.15) is 13.2 Å². The molecule has 1 aliphatic carbocycles. The van der Waals surface area contributed by atoms with Gasteiger partial charge >= 0.3 is 6.18 Å². The molecule has 6 heteroatoms. The van der Waals surface area contributed by atoms with Crippen LogP contribution >= 0.6 is 0 Å². The number of nitrogens with two attached hydrogens (primary N) is 1. The van der Waals surface area contributed by atoms with Crippen LogP contribution in [0.2, 0.25) is 0 Å². The molecule has 94 valence electrons. The molecule has 3 nitrogen and oxygen atoms in total. The maximum atomic E-state index is 12.4. The van der Waals surface area contributed by atoms with Crippen molar-refractivity contribution in [2.24, 2.45) is 11.7 Å². The summed E-state index contributed by atoms with van der Waals surface area (Å²) < 4.78 is 42.2. The van der Waals surface area contributed by atoms with Crippen molar-refractivity contribution < 1.29 is 17.9 Å². The van der Waals surface area contributed by atoms with E-state index in [2.05, 4.69) is 0 Å². The highest BCUT2D eigenvalue weighted by atomic mass is 19.4. The van der Waals surface area contributed by atoms with E-state index in [0.29, 0.717) is 19.8 Å². The van der Waals surface area contributed by atoms with Crippen LogP contribution in [0.1, 0.15) is 12.8 Å². The summed E-state index contributed by atoms with van der Waals surface area (Å²) in [6.07, 6.45) is -2.37. The maximum Gasteiger partial charge on any atom is 0.401 e. The molecule has 16 heavy (non-hydrogen) atoms. The molecule has 2 N–H and O–H groups in total. The monoisotopic (exact) mass is 238 g/mol. The third kappa shape index (κ3) is 3.33. The molecule has 0 bridgehead atoms. The minimum Gasteiger partial charge on any atom is -0.379 e. The van der Waals surface area contributed by atoms with E-state index in [0.717, 1.165) is 12.8 Å². The van der Waals surface area contributed by atoms with E-state index < -0.39 is 12.7 Å². The molecule has 0 spiro atoms. The first-order valence-electron chi connectivity index (χ1n) is 5.60. The van der Waals surface area contributed by atoms with Crippen molar-refractivity contribution in [2.75, 3.05) is 26.3 Å². The largest absolute Gasteiger partial charge is 0.401 e. The summed E-state index contributed by atoms with van der Waals surface area (Å²) in [5.41, 5.74) is 5.78. The van der Waals surface area contributed by atoms with E-state index in [-0.39, 0.29) is 18.0 Å². The number of halogens is 3. The Hall–Kier alpha value is -0.330. The van der Waals surface area contributed by atoms with Crippen LogP contribution in [0.3, 0.4) is 0 Å². The van der Waals surface area contributed by atoms with Crippen LogP contribution in [0.4, 0.5) is 13.2 Å². The van der Waals surface area contributed by atoms with E-state index >= 15 is 0 Å². The van der Waals surface area contributed by atoms with Gasteiger partial charge in [-0.15, -0.1) is 0 Å². The summed E-state index contributed by atoms with van der Waals surface area (Å²) in [5.74, 6) is 0.0444. The SMILES string of the molecule is NC1COCC1CN(CC(F)(F)F)C1CC1. The topological polar surface area (TPSA) is 38.5 Å². The molecule has 1 saturated heterocycles. The van der Waals surface area contributed by atoms with Crippen LogP contribution < -0.4 is 5.73 Å². The highest BCUT2D eigenvalue weighted by Gasteiger charge is 2.40. The molecule has 0 aromatic carbocycles. The molecule has 0 radical (unpaired) electrons. The van der Waals surface area contributed by atoms with Crippen molar-refractivity contribution >= 4 is 0 Å². The third-order valence-electron chi connectivity index (χ3n) is 3.16. The van der Waals surface area contributed by atoms with Gasteiger partial charge < -0.3 is 10.5 Å². The Kier molecular flexibility index (Phi) is 3.42. The summed E-state index contributed by atoms with van der Waals surface area (Å²) in [5, 5.41) is 0. The number of hydrogen-bond acceptors (Lipinski definition) is 3. The molecule has 2 aliphatic rings. The first kappa shape index (κ1) is 12.1. The van der Waals surface area contributed by atoms with E-state index in [4.69, 9.17) is 10.5 Å². The molecule has 0 amide bonds. The minimum atomic E-state index is -4.12. The Labute approximate surface area is 92.7 Å². The summed E-state index contributed by atoms with van der Waals surface area (Å²) in [4.78, 5) is 1.51. The lowest BCUT2D eigenvalue weighted by atomic mass is 10.0. The lowest BCUT2D eigenvalue weighted by molar-refractivity contribution is -0.148. The zero-order valence-corrected chi connectivity index (χ0v) is 9.04. The highest BCUT2D eigenvalue weighted by molar-refractivity contribution is 4.89. The lowest BCUT2D eigenvalue weighted by Crippen LogP contribution is -2.43. The van der Waals surface area contributed by atoms with E-state index in [1.54, 1.807) is 0 Å². The normalized spacial score (nSPS) is 31.3. The van der Waals surface area contributed by atoms with Gasteiger partial charge in [-0.1, -0.05) is 0 Å². The first-order valence-corrected chi connectivity index (χ1v) is 5.60. The van der Waals surface area contributed by atoms with Gasteiger partial charge in [-0.05, 0) is 12.8 Å². The molecule has 2 atom stereocenters. The Morgan fingerprint density at radius 3 is 2.38 bits per heavy atom. The summed E-state index contributed by atoms with van der Waals surface area (Å²) in [7, 11) is 0. The van der Waals surface area contributed by atoms with Gasteiger partial charge in [0.1, 0.15) is 0 Å². The summed E-state index contributed by atoms with van der Waals surface area (Å²) in [6, 6.07) is -0.0103. The zero-order chi connectivity index (χ0) is 11.8. The second-order valence-corrected chi connectivity index (χ2v) is 4.74. The van der Waals surface area contributed by atoms with Gasteiger partial charge in [-0.25, -0.2) is 0 Å². The lowest BCUT2D eigenvalue weighted by Gasteiger charge is -2.27. The minimum absolute atomic E-state index is 0.0444. The van der Waals surface area contributed by atoms with Crippen molar-refractivity contribution in [1.29, 1.82) is 0 Å². The predicted octanol–water partition coefficient (Wildman–Crippen LogP) is 0.987.